The zero-order valence-corrected chi connectivity index (χ0v) is 51.1. The molecular formula is C56H88N14O19. The number of hydrogen-bond donors (Lipinski definition) is 17. The van der Waals surface area contributed by atoms with E-state index < -0.39 is 211 Å². The van der Waals surface area contributed by atoms with Gasteiger partial charge in [-0.05, 0) is 62.8 Å². The number of carboxylic acid groups (broad SMARTS) is 1. The van der Waals surface area contributed by atoms with Gasteiger partial charge in [0.15, 0.2) is 0 Å². The van der Waals surface area contributed by atoms with Gasteiger partial charge in [-0.2, -0.15) is 0 Å². The number of primary amides is 2. The number of likely N-dealkylation sites (tertiary alicyclic amines) is 2. The Morgan fingerprint density at radius 2 is 0.843 bits per heavy atom. The first kappa shape index (κ1) is 74.9. The molecular weight excluding hydrogens is 1170 g/mol. The first-order valence-corrected chi connectivity index (χ1v) is 29.2. The number of nitrogens with one attached hydrogen (secondary N) is 9. The SMILES string of the molecule is CC(C)[C@H](NC(=O)[C@@H](NC(=O)[C@H](Cc1ccccc1)NC(=O)[C@H](CO)NC(=O)[C@@H](NC(=O)[C@H](CC(N)=O)NC(=O)[C@@H](N)CC(N)=O)[C@@H](C)O)[C@@H](C)O)C(=O)N[C@H](C(=O)N1CCC[C@H]1C(=O)N[C@@H](CO)C(=O)N[C@H](C(=O)N1CCC[C@H]1C(=O)O)C(C)C)C(C)C. The second-order valence-electron chi connectivity index (χ2n) is 23.1. The summed E-state index contributed by atoms with van der Waals surface area (Å²) < 4.78 is 0. The topological polar surface area (TPSA) is 533 Å². The lowest BCUT2D eigenvalue weighted by molar-refractivity contribution is -0.150. The van der Waals surface area contributed by atoms with Crippen molar-refractivity contribution in [2.45, 2.75) is 185 Å². The van der Waals surface area contributed by atoms with Crippen molar-refractivity contribution < 1.29 is 92.7 Å². The third-order valence-corrected chi connectivity index (χ3v) is 14.8. The van der Waals surface area contributed by atoms with Gasteiger partial charge in [0, 0.05) is 19.5 Å². The Bertz CT molecular complexity index is 2720. The molecule has 33 heteroatoms. The minimum absolute atomic E-state index is 0.0326. The van der Waals surface area contributed by atoms with Gasteiger partial charge in [0.05, 0.1) is 44.3 Å². The number of rotatable bonds is 34. The molecule has 3 rings (SSSR count). The third kappa shape index (κ3) is 22.0. The van der Waals surface area contributed by atoms with Crippen LogP contribution in [0.4, 0.5) is 0 Å². The number of benzene rings is 1. The van der Waals surface area contributed by atoms with Crippen molar-refractivity contribution in [2.75, 3.05) is 26.3 Å². The van der Waals surface area contributed by atoms with Crippen LogP contribution in [0.5, 0.6) is 0 Å². The normalized spacial score (nSPS) is 18.8. The Hall–Kier alpha value is -8.40. The van der Waals surface area contributed by atoms with Gasteiger partial charge in [0.2, 0.25) is 76.8 Å². The maximum absolute atomic E-state index is 14.4. The van der Waals surface area contributed by atoms with E-state index >= 15 is 0 Å². The standard InChI is InChI=1S/C56H88N14O19/c1-25(2)40(51(83)66-42(27(5)6)54(86)69-18-12-16-36(69)50(82)62-35(24-72)49(81)65-41(26(3)4)55(87)70-19-13-17-37(70)56(88)89)64-53(85)44(29(8)74)68-46(78)32(20-30-14-10-9-11-15-30)61-48(80)34(23-71)63-52(84)43(28(7)73)67-47(79)33(22-39(59)76)60-45(77)31(57)21-38(58)75/h9-11,14-15,25-29,31-37,40-44,71-74H,12-13,16-24,57H2,1-8H3,(H2,58,75)(H2,59,76)(H,60,77)(H,61,80)(H,62,82)(H,63,84)(H,64,85)(H,65,81)(H,66,83)(H,67,79)(H,68,78)(H,88,89)/t28-,29-,31+,32+,33+,34+,35+,36+,37+,40+,41+,42+,43+,44+/m1/s1. The first-order chi connectivity index (χ1) is 41.6. The minimum Gasteiger partial charge on any atom is -0.480 e. The maximum Gasteiger partial charge on any atom is 0.326 e. The lowest BCUT2D eigenvalue weighted by Crippen LogP contribution is -2.64. The highest BCUT2D eigenvalue weighted by molar-refractivity contribution is 6.00. The molecule has 1 aromatic carbocycles. The molecule has 20 N–H and O–H groups in total. The van der Waals surface area contributed by atoms with Gasteiger partial charge >= 0.3 is 5.97 Å². The Morgan fingerprint density at radius 3 is 1.30 bits per heavy atom. The van der Waals surface area contributed by atoms with E-state index in [1.807, 2.05) is 0 Å². The van der Waals surface area contributed by atoms with Crippen molar-refractivity contribution in [2.24, 2.45) is 35.0 Å². The number of nitrogens with zero attached hydrogens (tertiary/aromatic N) is 2. The quantitative estimate of drug-likeness (QED) is 0.0305. The number of aliphatic carboxylic acids is 1. The summed E-state index contributed by atoms with van der Waals surface area (Å²) in [6, 6.07) is -10.6. The summed E-state index contributed by atoms with van der Waals surface area (Å²) in [7, 11) is 0. The highest BCUT2D eigenvalue weighted by atomic mass is 16.4. The zero-order chi connectivity index (χ0) is 67.3. The fourth-order valence-electron chi connectivity index (χ4n) is 9.82. The van der Waals surface area contributed by atoms with E-state index in [1.165, 1.54) is 9.80 Å². The van der Waals surface area contributed by atoms with Crippen LogP contribution in [0.15, 0.2) is 30.3 Å². The van der Waals surface area contributed by atoms with Crippen LogP contribution in [-0.4, -0.2) is 229 Å². The van der Waals surface area contributed by atoms with Crippen molar-refractivity contribution >= 4 is 82.8 Å². The molecule has 2 fully saturated rings. The van der Waals surface area contributed by atoms with Crippen LogP contribution in [0.1, 0.15) is 99.5 Å². The van der Waals surface area contributed by atoms with Crippen molar-refractivity contribution in [1.29, 1.82) is 0 Å². The molecule has 0 radical (unpaired) electrons. The van der Waals surface area contributed by atoms with Crippen molar-refractivity contribution in [3.63, 3.8) is 0 Å². The number of aliphatic hydroxyl groups excluding tert-OH is 4. The summed E-state index contributed by atoms with van der Waals surface area (Å²) in [5.41, 5.74) is 16.4. The third-order valence-electron chi connectivity index (χ3n) is 14.8. The van der Waals surface area contributed by atoms with Gasteiger partial charge in [-0.25, -0.2) is 4.79 Å². The number of nitrogens with two attached hydrogens (primary N) is 3. The molecule has 0 saturated carbocycles. The van der Waals surface area contributed by atoms with E-state index in [4.69, 9.17) is 17.2 Å². The summed E-state index contributed by atoms with van der Waals surface area (Å²) in [4.78, 5) is 189. The Labute approximate surface area is 513 Å². The molecule has 0 aliphatic carbocycles. The Balaban J connectivity index is 1.79. The van der Waals surface area contributed by atoms with Crippen LogP contribution < -0.4 is 65.1 Å². The number of carboxylic acids is 1. The lowest BCUT2D eigenvalue weighted by Gasteiger charge is -2.33. The molecule has 0 aromatic heterocycles. The maximum atomic E-state index is 14.4. The van der Waals surface area contributed by atoms with E-state index in [-0.39, 0.29) is 32.4 Å². The summed E-state index contributed by atoms with van der Waals surface area (Å²) >= 11 is 0. The lowest BCUT2D eigenvalue weighted by atomic mass is 9.98. The van der Waals surface area contributed by atoms with Crippen molar-refractivity contribution in [3.05, 3.63) is 35.9 Å². The largest absolute Gasteiger partial charge is 0.480 e. The molecule has 2 heterocycles. The van der Waals surface area contributed by atoms with Crippen LogP contribution in [0.2, 0.25) is 0 Å². The highest BCUT2D eigenvalue weighted by Gasteiger charge is 2.44. The fraction of sp³-hybridized carbons (Fsp3) is 0.643. The van der Waals surface area contributed by atoms with Crippen molar-refractivity contribution in [1.82, 2.24) is 57.7 Å². The number of hydrogen-bond acceptors (Lipinski definition) is 19. The highest BCUT2D eigenvalue weighted by Crippen LogP contribution is 2.23. The van der Waals surface area contributed by atoms with Crippen LogP contribution in [0.25, 0.3) is 0 Å². The molecule has 0 spiro atoms. The van der Waals surface area contributed by atoms with Crippen LogP contribution in [-0.2, 0) is 73.5 Å². The average Bonchev–Trinajstić information content (AvgIpc) is 2.44. The summed E-state index contributed by atoms with van der Waals surface area (Å²) in [6.07, 6.45) is -4.17. The zero-order valence-electron chi connectivity index (χ0n) is 51.1. The Morgan fingerprint density at radius 1 is 0.472 bits per heavy atom. The molecule has 33 nitrogen and oxygen atoms in total. The molecule has 496 valence electrons. The minimum atomic E-state index is -1.95. The molecule has 13 amide bonds. The Kier molecular flexibility index (Phi) is 29.4. The monoisotopic (exact) mass is 1260 g/mol. The second-order valence-corrected chi connectivity index (χ2v) is 23.1. The molecule has 0 bridgehead atoms. The second kappa shape index (κ2) is 35.0. The number of amides is 13. The summed E-state index contributed by atoms with van der Waals surface area (Å²) in [5.74, 6) is -16.3. The molecule has 0 unspecified atom stereocenters. The predicted molar refractivity (Wildman–Crippen MR) is 312 cm³/mol. The number of carbonyl (C=O) groups excluding carboxylic acids is 13. The smallest absolute Gasteiger partial charge is 0.326 e. The van der Waals surface area contributed by atoms with Gasteiger partial charge in [-0.1, -0.05) is 71.9 Å². The number of aliphatic hydroxyl groups is 4. The van der Waals surface area contributed by atoms with E-state index in [0.29, 0.717) is 18.4 Å². The van der Waals surface area contributed by atoms with Gasteiger partial charge < -0.3 is 100 Å². The predicted octanol–water partition coefficient (Wildman–Crippen LogP) is -7.55. The van der Waals surface area contributed by atoms with E-state index in [1.54, 1.807) is 71.9 Å². The first-order valence-electron chi connectivity index (χ1n) is 29.2. The number of carbonyl (C=O) groups is 14. The van der Waals surface area contributed by atoms with Gasteiger partial charge in [0.1, 0.15) is 66.5 Å². The van der Waals surface area contributed by atoms with E-state index in [0.717, 1.165) is 13.8 Å². The van der Waals surface area contributed by atoms with Crippen LogP contribution >= 0.6 is 0 Å². The molecule has 2 aliphatic heterocycles. The van der Waals surface area contributed by atoms with Gasteiger partial charge in [-0.15, -0.1) is 0 Å². The molecule has 14 atom stereocenters. The van der Waals surface area contributed by atoms with Gasteiger partial charge in [-0.3, -0.25) is 62.3 Å². The fourth-order valence-corrected chi connectivity index (χ4v) is 9.82. The van der Waals surface area contributed by atoms with Crippen molar-refractivity contribution in [3.8, 4) is 0 Å². The molecule has 2 aliphatic rings. The molecule has 1 aromatic rings. The molecule has 89 heavy (non-hydrogen) atoms. The van der Waals surface area contributed by atoms with Gasteiger partial charge in [0.25, 0.3) is 0 Å². The van der Waals surface area contributed by atoms with Crippen LogP contribution in [0.3, 0.4) is 0 Å². The molecule has 2 saturated heterocycles. The summed E-state index contributed by atoms with van der Waals surface area (Å²) in [5, 5.41) is 73.0. The summed E-state index contributed by atoms with van der Waals surface area (Å²) in [6.45, 7) is 9.86. The van der Waals surface area contributed by atoms with E-state index in [2.05, 4.69) is 47.9 Å². The average molecular weight is 1260 g/mol. The van der Waals surface area contributed by atoms with E-state index in [9.17, 15) is 92.7 Å². The van der Waals surface area contributed by atoms with Crippen LogP contribution in [0, 0.1) is 17.8 Å².